The fourth-order valence-corrected chi connectivity index (χ4v) is 4.06. The van der Waals surface area contributed by atoms with Crippen molar-refractivity contribution in [1.29, 1.82) is 0 Å². The summed E-state index contributed by atoms with van der Waals surface area (Å²) in [6.45, 7) is 2.76. The maximum atomic E-state index is 12.3. The molecular weight excluding hydrogens is 280 g/mol. The van der Waals surface area contributed by atoms with E-state index in [0.29, 0.717) is 19.3 Å². The normalized spacial score (nSPS) is 32.2. The number of urea groups is 1. The largest absolute Gasteiger partial charge is 0.382 e. The standard InChI is InChI=1S/C17H30N2O3/c1-21-9-10-22-14-7-8-19(12-14)17(20)18-16-11-15(16)13-5-3-2-4-6-13/h13-16H,2-12H2,1H3,(H,18,20). The number of hydrogen-bond donors (Lipinski definition) is 1. The quantitative estimate of drug-likeness (QED) is 0.767. The highest BCUT2D eigenvalue weighted by Gasteiger charge is 2.44. The van der Waals surface area contributed by atoms with Gasteiger partial charge in [-0.25, -0.2) is 4.79 Å². The predicted octanol–water partition coefficient (Wildman–Crippen LogP) is 2.40. The van der Waals surface area contributed by atoms with Gasteiger partial charge >= 0.3 is 6.03 Å². The predicted molar refractivity (Wildman–Crippen MR) is 84.8 cm³/mol. The molecule has 2 aliphatic carbocycles. The van der Waals surface area contributed by atoms with Crippen LogP contribution in [0.15, 0.2) is 0 Å². The van der Waals surface area contributed by atoms with E-state index in [-0.39, 0.29) is 12.1 Å². The monoisotopic (exact) mass is 310 g/mol. The zero-order valence-electron chi connectivity index (χ0n) is 13.8. The summed E-state index contributed by atoms with van der Waals surface area (Å²) in [6, 6.07) is 0.546. The second kappa shape index (κ2) is 7.64. The third-order valence-electron chi connectivity index (χ3n) is 5.48. The Bertz CT molecular complexity index is 371. The minimum absolute atomic E-state index is 0.112. The Morgan fingerprint density at radius 3 is 2.77 bits per heavy atom. The number of amides is 2. The molecule has 3 aliphatic rings. The molecule has 126 valence electrons. The number of carbonyl (C=O) groups is 1. The summed E-state index contributed by atoms with van der Waals surface area (Å²) in [6.07, 6.45) is 9.22. The molecule has 0 radical (unpaired) electrons. The average Bonchev–Trinajstić information content (AvgIpc) is 3.14. The molecule has 0 aromatic heterocycles. The maximum absolute atomic E-state index is 12.3. The van der Waals surface area contributed by atoms with Gasteiger partial charge in [-0.1, -0.05) is 32.1 Å². The second-order valence-corrected chi connectivity index (χ2v) is 7.07. The maximum Gasteiger partial charge on any atom is 0.317 e. The highest BCUT2D eigenvalue weighted by atomic mass is 16.5. The molecule has 22 heavy (non-hydrogen) atoms. The van der Waals surface area contributed by atoms with E-state index in [4.69, 9.17) is 9.47 Å². The van der Waals surface area contributed by atoms with Gasteiger partial charge in [0, 0.05) is 26.2 Å². The Kier molecular flexibility index (Phi) is 5.58. The van der Waals surface area contributed by atoms with E-state index in [1.165, 1.54) is 38.5 Å². The van der Waals surface area contributed by atoms with Crippen LogP contribution in [0.5, 0.6) is 0 Å². The number of carbonyl (C=O) groups excluding carboxylic acids is 1. The minimum atomic E-state index is 0.112. The Balaban J connectivity index is 1.35. The molecular formula is C17H30N2O3. The molecule has 1 N–H and O–H groups in total. The SMILES string of the molecule is COCCOC1CCN(C(=O)NC2CC2C2CCCCC2)C1. The van der Waals surface area contributed by atoms with E-state index < -0.39 is 0 Å². The smallest absolute Gasteiger partial charge is 0.317 e. The summed E-state index contributed by atoms with van der Waals surface area (Å²) in [5.41, 5.74) is 0. The van der Waals surface area contributed by atoms with Crippen LogP contribution in [0, 0.1) is 11.8 Å². The molecule has 3 rings (SSSR count). The molecule has 1 heterocycles. The van der Waals surface area contributed by atoms with Crippen LogP contribution in [0.4, 0.5) is 4.79 Å². The van der Waals surface area contributed by atoms with Gasteiger partial charge < -0.3 is 19.7 Å². The van der Waals surface area contributed by atoms with E-state index in [2.05, 4.69) is 5.32 Å². The Morgan fingerprint density at radius 1 is 1.18 bits per heavy atom. The summed E-state index contributed by atoms with van der Waals surface area (Å²) >= 11 is 0. The van der Waals surface area contributed by atoms with Gasteiger partial charge in [0.25, 0.3) is 0 Å². The molecule has 0 aromatic carbocycles. The third-order valence-corrected chi connectivity index (χ3v) is 5.48. The van der Waals surface area contributed by atoms with E-state index in [9.17, 15) is 4.79 Å². The molecule has 0 aromatic rings. The van der Waals surface area contributed by atoms with Crippen LogP contribution in [-0.4, -0.2) is 56.5 Å². The van der Waals surface area contributed by atoms with Crippen molar-refractivity contribution in [3.8, 4) is 0 Å². The van der Waals surface area contributed by atoms with Crippen molar-refractivity contribution in [3.63, 3.8) is 0 Å². The average molecular weight is 310 g/mol. The first-order valence-corrected chi connectivity index (χ1v) is 8.94. The van der Waals surface area contributed by atoms with Gasteiger partial charge in [0.05, 0.1) is 19.3 Å². The molecule has 0 spiro atoms. The lowest BCUT2D eigenvalue weighted by Gasteiger charge is -2.22. The lowest BCUT2D eigenvalue weighted by atomic mass is 9.85. The zero-order valence-corrected chi connectivity index (χ0v) is 13.8. The van der Waals surface area contributed by atoms with Crippen molar-refractivity contribution >= 4 is 6.03 Å². The third kappa shape index (κ3) is 4.13. The fourth-order valence-electron chi connectivity index (χ4n) is 4.06. The number of ether oxygens (including phenoxy) is 2. The summed E-state index contributed by atoms with van der Waals surface area (Å²) < 4.78 is 10.7. The van der Waals surface area contributed by atoms with Gasteiger partial charge in [0.15, 0.2) is 0 Å². The van der Waals surface area contributed by atoms with Crippen LogP contribution in [0.1, 0.15) is 44.9 Å². The molecule has 3 atom stereocenters. The molecule has 3 fully saturated rings. The number of nitrogens with one attached hydrogen (secondary N) is 1. The number of methoxy groups -OCH3 is 1. The van der Waals surface area contributed by atoms with Crippen LogP contribution < -0.4 is 5.32 Å². The zero-order chi connectivity index (χ0) is 15.4. The molecule has 1 aliphatic heterocycles. The van der Waals surface area contributed by atoms with E-state index >= 15 is 0 Å². The second-order valence-electron chi connectivity index (χ2n) is 7.07. The van der Waals surface area contributed by atoms with Crippen molar-refractivity contribution in [2.24, 2.45) is 11.8 Å². The van der Waals surface area contributed by atoms with Crippen LogP contribution >= 0.6 is 0 Å². The molecule has 5 heteroatoms. The Hall–Kier alpha value is -0.810. The molecule has 2 saturated carbocycles. The fraction of sp³-hybridized carbons (Fsp3) is 0.941. The molecule has 0 bridgehead atoms. The first-order chi connectivity index (χ1) is 10.8. The van der Waals surface area contributed by atoms with Gasteiger partial charge in [0.2, 0.25) is 0 Å². The highest BCUT2D eigenvalue weighted by Crippen LogP contribution is 2.44. The van der Waals surface area contributed by atoms with E-state index in [1.54, 1.807) is 7.11 Å². The van der Waals surface area contributed by atoms with Crippen molar-refractivity contribution in [3.05, 3.63) is 0 Å². The lowest BCUT2D eigenvalue weighted by molar-refractivity contribution is 0.0236. The summed E-state index contributed by atoms with van der Waals surface area (Å²) in [5, 5.41) is 3.24. The summed E-state index contributed by atoms with van der Waals surface area (Å²) in [5.74, 6) is 1.61. The Labute approximate surface area is 133 Å². The minimum Gasteiger partial charge on any atom is -0.382 e. The van der Waals surface area contributed by atoms with Crippen LogP contribution in [0.25, 0.3) is 0 Å². The van der Waals surface area contributed by atoms with Crippen molar-refractivity contribution in [2.75, 3.05) is 33.4 Å². The van der Waals surface area contributed by atoms with Gasteiger partial charge in [-0.3, -0.25) is 0 Å². The number of hydrogen-bond acceptors (Lipinski definition) is 3. The number of rotatable bonds is 6. The topological polar surface area (TPSA) is 50.8 Å². The van der Waals surface area contributed by atoms with Gasteiger partial charge in [-0.2, -0.15) is 0 Å². The number of nitrogens with zero attached hydrogens (tertiary/aromatic N) is 1. The highest BCUT2D eigenvalue weighted by molar-refractivity contribution is 5.75. The van der Waals surface area contributed by atoms with E-state index in [0.717, 1.165) is 31.3 Å². The van der Waals surface area contributed by atoms with Crippen molar-refractivity contribution in [1.82, 2.24) is 10.2 Å². The number of likely N-dealkylation sites (tertiary alicyclic amines) is 1. The lowest BCUT2D eigenvalue weighted by Crippen LogP contribution is -2.41. The van der Waals surface area contributed by atoms with Gasteiger partial charge in [-0.15, -0.1) is 0 Å². The Morgan fingerprint density at radius 2 is 2.00 bits per heavy atom. The van der Waals surface area contributed by atoms with Gasteiger partial charge in [0.1, 0.15) is 0 Å². The molecule has 5 nitrogen and oxygen atoms in total. The van der Waals surface area contributed by atoms with Crippen LogP contribution in [0.2, 0.25) is 0 Å². The molecule has 2 amide bonds. The first kappa shape index (κ1) is 16.1. The van der Waals surface area contributed by atoms with Crippen molar-refractivity contribution < 1.29 is 14.3 Å². The first-order valence-electron chi connectivity index (χ1n) is 8.94. The van der Waals surface area contributed by atoms with E-state index in [1.807, 2.05) is 4.90 Å². The summed E-state index contributed by atoms with van der Waals surface area (Å²) in [7, 11) is 1.68. The molecule has 1 saturated heterocycles. The van der Waals surface area contributed by atoms with Crippen molar-refractivity contribution in [2.45, 2.75) is 57.1 Å². The summed E-state index contributed by atoms with van der Waals surface area (Å²) in [4.78, 5) is 14.2. The van der Waals surface area contributed by atoms with Crippen LogP contribution in [-0.2, 0) is 9.47 Å². The van der Waals surface area contributed by atoms with Gasteiger partial charge in [-0.05, 0) is 24.7 Å². The van der Waals surface area contributed by atoms with Crippen LogP contribution in [0.3, 0.4) is 0 Å². The molecule has 3 unspecified atom stereocenters.